The van der Waals surface area contributed by atoms with Gasteiger partial charge in [0.15, 0.2) is 0 Å². The lowest BCUT2D eigenvalue weighted by atomic mass is 10.3. The molecule has 0 saturated carbocycles. The zero-order valence-electron chi connectivity index (χ0n) is 5.27. The lowest BCUT2D eigenvalue weighted by Gasteiger charge is -2.05. The average molecular weight is 140 g/mol. The molecule has 1 rings (SSSR count). The standard InChI is InChI=1S/C7H8O3/c8-7(9)10-6-4-2-1-3-5-6/h1-5,7-9H. The van der Waals surface area contributed by atoms with Crippen LogP contribution in [0, 0.1) is 0 Å². The molecule has 2 N–H and O–H groups in total. The van der Waals surface area contributed by atoms with Crippen molar-refractivity contribution in [2.24, 2.45) is 0 Å². The first-order valence-corrected chi connectivity index (χ1v) is 2.87. The molecule has 0 spiro atoms. The molecular formula is C7H8O3. The minimum absolute atomic E-state index is 0.442. The summed E-state index contributed by atoms with van der Waals surface area (Å²) in [5.74, 6) is 0.442. The van der Waals surface area contributed by atoms with Crippen LogP contribution in [0.3, 0.4) is 0 Å². The van der Waals surface area contributed by atoms with Gasteiger partial charge in [0.05, 0.1) is 0 Å². The Bertz CT molecular complexity index is 183. The molecule has 0 atom stereocenters. The zero-order chi connectivity index (χ0) is 7.40. The molecule has 0 fully saturated rings. The van der Waals surface area contributed by atoms with Crippen molar-refractivity contribution < 1.29 is 14.9 Å². The largest absolute Gasteiger partial charge is 0.442 e. The fourth-order valence-electron chi connectivity index (χ4n) is 0.621. The van der Waals surface area contributed by atoms with Gasteiger partial charge < -0.3 is 14.9 Å². The van der Waals surface area contributed by atoms with Crippen molar-refractivity contribution in [3.05, 3.63) is 30.3 Å². The Morgan fingerprint density at radius 1 is 1.10 bits per heavy atom. The Labute approximate surface area is 58.5 Å². The number of hydrogen-bond acceptors (Lipinski definition) is 3. The molecular weight excluding hydrogens is 132 g/mol. The average Bonchev–Trinajstić information content (AvgIpc) is 1.88. The van der Waals surface area contributed by atoms with Crippen molar-refractivity contribution in [1.29, 1.82) is 0 Å². The van der Waals surface area contributed by atoms with Gasteiger partial charge in [-0.05, 0) is 12.1 Å². The number of para-hydroxylation sites is 1. The summed E-state index contributed by atoms with van der Waals surface area (Å²) in [6.45, 7) is -1.73. The molecule has 1 aromatic rings. The fraction of sp³-hybridized carbons (Fsp3) is 0.143. The van der Waals surface area contributed by atoms with E-state index in [0.717, 1.165) is 0 Å². The monoisotopic (exact) mass is 140 g/mol. The van der Waals surface area contributed by atoms with E-state index in [0.29, 0.717) is 5.75 Å². The van der Waals surface area contributed by atoms with Gasteiger partial charge in [0.2, 0.25) is 0 Å². The van der Waals surface area contributed by atoms with Crippen molar-refractivity contribution in [2.75, 3.05) is 0 Å². The summed E-state index contributed by atoms with van der Waals surface area (Å²) in [7, 11) is 0. The lowest BCUT2D eigenvalue weighted by Crippen LogP contribution is -2.13. The molecule has 0 radical (unpaired) electrons. The third-order valence-electron chi connectivity index (χ3n) is 0.985. The molecule has 1 aromatic carbocycles. The highest BCUT2D eigenvalue weighted by molar-refractivity contribution is 5.20. The summed E-state index contributed by atoms with van der Waals surface area (Å²) in [6, 6.07) is 8.59. The van der Waals surface area contributed by atoms with Crippen LogP contribution in [0.25, 0.3) is 0 Å². The van der Waals surface area contributed by atoms with Gasteiger partial charge in [-0.1, -0.05) is 18.2 Å². The molecule has 0 amide bonds. The van der Waals surface area contributed by atoms with Gasteiger partial charge in [-0.15, -0.1) is 0 Å². The second-order valence-corrected chi connectivity index (χ2v) is 1.76. The summed E-state index contributed by atoms with van der Waals surface area (Å²) in [4.78, 5) is 0. The number of aliphatic hydroxyl groups excluding tert-OH is 1. The van der Waals surface area contributed by atoms with Gasteiger partial charge in [0, 0.05) is 0 Å². The quantitative estimate of drug-likeness (QED) is 0.582. The van der Waals surface area contributed by atoms with Crippen LogP contribution in [0.2, 0.25) is 0 Å². The van der Waals surface area contributed by atoms with Crippen LogP contribution in [0.1, 0.15) is 0 Å². The van der Waals surface area contributed by atoms with Crippen molar-refractivity contribution in [1.82, 2.24) is 0 Å². The lowest BCUT2D eigenvalue weighted by molar-refractivity contribution is -0.179. The molecule has 0 aliphatic heterocycles. The maximum absolute atomic E-state index is 8.34. The first-order valence-electron chi connectivity index (χ1n) is 2.87. The first-order chi connectivity index (χ1) is 4.79. The molecule has 0 heterocycles. The van der Waals surface area contributed by atoms with Crippen molar-refractivity contribution in [3.8, 4) is 5.75 Å². The van der Waals surface area contributed by atoms with E-state index in [9.17, 15) is 0 Å². The van der Waals surface area contributed by atoms with Crippen LogP contribution in [-0.4, -0.2) is 16.7 Å². The van der Waals surface area contributed by atoms with Gasteiger partial charge >= 0.3 is 6.48 Å². The third kappa shape index (κ3) is 2.05. The van der Waals surface area contributed by atoms with E-state index in [-0.39, 0.29) is 0 Å². The third-order valence-corrected chi connectivity index (χ3v) is 0.985. The predicted molar refractivity (Wildman–Crippen MR) is 35.3 cm³/mol. The predicted octanol–water partition coefficient (Wildman–Crippen LogP) is 0.334. The molecule has 54 valence electrons. The molecule has 0 saturated heterocycles. The summed E-state index contributed by atoms with van der Waals surface area (Å²) in [6.07, 6.45) is 0. The minimum Gasteiger partial charge on any atom is -0.442 e. The van der Waals surface area contributed by atoms with E-state index in [4.69, 9.17) is 10.2 Å². The Morgan fingerprint density at radius 3 is 2.20 bits per heavy atom. The summed E-state index contributed by atoms with van der Waals surface area (Å²) in [5.41, 5.74) is 0. The molecule has 0 aliphatic rings. The summed E-state index contributed by atoms with van der Waals surface area (Å²) >= 11 is 0. The van der Waals surface area contributed by atoms with E-state index >= 15 is 0 Å². The fourth-order valence-corrected chi connectivity index (χ4v) is 0.621. The van der Waals surface area contributed by atoms with Crippen LogP contribution in [-0.2, 0) is 0 Å². The Balaban J connectivity index is 2.59. The Morgan fingerprint density at radius 2 is 1.70 bits per heavy atom. The van der Waals surface area contributed by atoms with E-state index in [1.54, 1.807) is 24.3 Å². The molecule has 0 unspecified atom stereocenters. The Hall–Kier alpha value is -1.06. The van der Waals surface area contributed by atoms with Crippen LogP contribution in [0.15, 0.2) is 30.3 Å². The molecule has 10 heavy (non-hydrogen) atoms. The van der Waals surface area contributed by atoms with Crippen molar-refractivity contribution in [3.63, 3.8) is 0 Å². The maximum atomic E-state index is 8.34. The molecule has 0 aliphatic carbocycles. The minimum atomic E-state index is -1.73. The van der Waals surface area contributed by atoms with Gasteiger partial charge in [0.1, 0.15) is 5.75 Å². The normalized spacial score (nSPS) is 9.90. The molecule has 3 heteroatoms. The van der Waals surface area contributed by atoms with Gasteiger partial charge in [-0.3, -0.25) is 0 Å². The topological polar surface area (TPSA) is 49.7 Å². The van der Waals surface area contributed by atoms with E-state index in [1.165, 1.54) is 0 Å². The number of rotatable bonds is 2. The van der Waals surface area contributed by atoms with Crippen molar-refractivity contribution in [2.45, 2.75) is 6.48 Å². The number of benzene rings is 1. The van der Waals surface area contributed by atoms with Gasteiger partial charge in [0.25, 0.3) is 0 Å². The van der Waals surface area contributed by atoms with E-state index < -0.39 is 6.48 Å². The van der Waals surface area contributed by atoms with Gasteiger partial charge in [-0.2, -0.15) is 0 Å². The molecule has 0 bridgehead atoms. The second kappa shape index (κ2) is 3.20. The molecule has 3 nitrogen and oxygen atoms in total. The number of hydrogen-bond donors (Lipinski definition) is 2. The smallest absolute Gasteiger partial charge is 0.310 e. The highest BCUT2D eigenvalue weighted by atomic mass is 16.7. The molecule has 0 aromatic heterocycles. The van der Waals surface area contributed by atoms with Crippen LogP contribution >= 0.6 is 0 Å². The van der Waals surface area contributed by atoms with Crippen LogP contribution < -0.4 is 4.74 Å². The zero-order valence-corrected chi connectivity index (χ0v) is 5.27. The van der Waals surface area contributed by atoms with E-state index in [1.807, 2.05) is 6.07 Å². The van der Waals surface area contributed by atoms with Gasteiger partial charge in [-0.25, -0.2) is 0 Å². The first kappa shape index (κ1) is 7.05. The Kier molecular flexibility index (Phi) is 2.25. The van der Waals surface area contributed by atoms with Crippen LogP contribution in [0.5, 0.6) is 5.75 Å². The maximum Gasteiger partial charge on any atom is 0.310 e. The van der Waals surface area contributed by atoms with Crippen molar-refractivity contribution >= 4 is 0 Å². The highest BCUT2D eigenvalue weighted by Crippen LogP contribution is 2.08. The van der Waals surface area contributed by atoms with E-state index in [2.05, 4.69) is 4.74 Å². The summed E-state index contributed by atoms with van der Waals surface area (Å²) < 4.78 is 4.53. The highest BCUT2D eigenvalue weighted by Gasteiger charge is 1.96. The second-order valence-electron chi connectivity index (χ2n) is 1.76. The number of aliphatic hydroxyl groups is 2. The summed E-state index contributed by atoms with van der Waals surface area (Å²) in [5, 5.41) is 16.7. The number of ether oxygens (including phenoxy) is 1. The SMILES string of the molecule is OC(O)Oc1ccccc1. The van der Waals surface area contributed by atoms with Crippen LogP contribution in [0.4, 0.5) is 0 Å².